The number of ether oxygens (including phenoxy) is 1. The molecule has 0 bridgehead atoms. The van der Waals surface area contributed by atoms with E-state index in [0.29, 0.717) is 38.3 Å². The Labute approximate surface area is 144 Å². The maximum Gasteiger partial charge on any atom is 0.253 e. The van der Waals surface area contributed by atoms with Crippen molar-refractivity contribution in [1.82, 2.24) is 9.80 Å². The van der Waals surface area contributed by atoms with E-state index in [1.54, 1.807) is 0 Å². The summed E-state index contributed by atoms with van der Waals surface area (Å²) in [5.41, 5.74) is 0.679. The Hall–Kier alpha value is -1.40. The fourth-order valence-electron chi connectivity index (χ4n) is 3.12. The number of carbonyl (C=O) groups excluding carboxylic acids is 2. The molecule has 2 saturated heterocycles. The predicted octanol–water partition coefficient (Wildman–Crippen LogP) is 2.30. The van der Waals surface area contributed by atoms with Crippen molar-refractivity contribution in [3.63, 3.8) is 0 Å². The van der Waals surface area contributed by atoms with E-state index in [1.165, 1.54) is 0 Å². The minimum absolute atomic E-state index is 0.0257. The molecule has 2 fully saturated rings. The van der Waals surface area contributed by atoms with Crippen LogP contribution in [0.3, 0.4) is 0 Å². The molecule has 2 amide bonds. The highest BCUT2D eigenvalue weighted by molar-refractivity contribution is 9.10. The topological polar surface area (TPSA) is 49.9 Å². The first-order valence-electron chi connectivity index (χ1n) is 8.10. The Bertz CT molecular complexity index is 587. The molecule has 0 saturated carbocycles. The van der Waals surface area contributed by atoms with Crippen molar-refractivity contribution in [2.45, 2.75) is 25.4 Å². The van der Waals surface area contributed by atoms with Gasteiger partial charge in [0, 0.05) is 42.8 Å². The van der Waals surface area contributed by atoms with Crippen LogP contribution in [0.5, 0.6) is 0 Å². The summed E-state index contributed by atoms with van der Waals surface area (Å²) in [5.74, 6) is 0.108. The summed E-state index contributed by atoms with van der Waals surface area (Å²) in [7, 11) is 0. The minimum atomic E-state index is -0.276. The molecular formula is C17H21BrN2O3. The third kappa shape index (κ3) is 3.93. The normalized spacial score (nSPS) is 22.0. The molecule has 2 aliphatic heterocycles. The molecule has 5 nitrogen and oxygen atoms in total. The van der Waals surface area contributed by atoms with Crippen LogP contribution in [-0.4, -0.2) is 60.5 Å². The molecular weight excluding hydrogens is 360 g/mol. The van der Waals surface area contributed by atoms with Gasteiger partial charge in [-0.05, 0) is 37.5 Å². The van der Waals surface area contributed by atoms with Crippen LogP contribution in [0.2, 0.25) is 0 Å². The molecule has 6 heteroatoms. The third-order valence-electron chi connectivity index (χ3n) is 4.37. The lowest BCUT2D eigenvalue weighted by atomic mass is 10.2. The van der Waals surface area contributed by atoms with Gasteiger partial charge in [-0.2, -0.15) is 0 Å². The monoisotopic (exact) mass is 380 g/mol. The Morgan fingerprint density at radius 2 is 1.87 bits per heavy atom. The second-order valence-corrected chi connectivity index (χ2v) is 6.90. The van der Waals surface area contributed by atoms with Crippen LogP contribution in [-0.2, 0) is 9.53 Å². The third-order valence-corrected chi connectivity index (χ3v) is 4.86. The number of hydrogen-bond acceptors (Lipinski definition) is 3. The number of rotatable bonds is 2. The van der Waals surface area contributed by atoms with Gasteiger partial charge in [0.2, 0.25) is 0 Å². The number of benzene rings is 1. The summed E-state index contributed by atoms with van der Waals surface area (Å²) >= 11 is 3.40. The lowest BCUT2D eigenvalue weighted by Crippen LogP contribution is -2.41. The van der Waals surface area contributed by atoms with E-state index < -0.39 is 0 Å². The Balaban J connectivity index is 1.61. The number of amides is 2. The summed E-state index contributed by atoms with van der Waals surface area (Å²) in [6.07, 6.45) is 2.30. The Morgan fingerprint density at radius 3 is 2.61 bits per heavy atom. The SMILES string of the molecule is O=C(c1cccc(Br)c1)N1CCCN(C(=O)C2CCCO2)CC1. The predicted molar refractivity (Wildman–Crippen MR) is 90.2 cm³/mol. The van der Waals surface area contributed by atoms with Crippen LogP contribution in [0.15, 0.2) is 28.7 Å². The van der Waals surface area contributed by atoms with Crippen LogP contribution in [0.1, 0.15) is 29.6 Å². The van der Waals surface area contributed by atoms with E-state index in [0.717, 1.165) is 23.7 Å². The Kier molecular flexibility index (Phi) is 5.33. The van der Waals surface area contributed by atoms with Gasteiger partial charge in [0.25, 0.3) is 11.8 Å². The molecule has 2 heterocycles. The van der Waals surface area contributed by atoms with Gasteiger partial charge < -0.3 is 14.5 Å². The molecule has 1 aromatic carbocycles. The summed E-state index contributed by atoms with van der Waals surface area (Å²) in [5, 5.41) is 0. The quantitative estimate of drug-likeness (QED) is 0.790. The standard InChI is InChI=1S/C17H21BrN2O3/c18-14-5-1-4-13(12-14)16(21)19-7-3-8-20(10-9-19)17(22)15-6-2-11-23-15/h1,4-5,12,15H,2-3,6-11H2. The van der Waals surface area contributed by atoms with Gasteiger partial charge >= 0.3 is 0 Å². The fourth-order valence-corrected chi connectivity index (χ4v) is 3.52. The van der Waals surface area contributed by atoms with Crippen LogP contribution in [0.25, 0.3) is 0 Å². The fraction of sp³-hybridized carbons (Fsp3) is 0.529. The first-order chi connectivity index (χ1) is 11.1. The average molecular weight is 381 g/mol. The lowest BCUT2D eigenvalue weighted by molar-refractivity contribution is -0.140. The van der Waals surface area contributed by atoms with E-state index in [1.807, 2.05) is 34.1 Å². The zero-order chi connectivity index (χ0) is 16.2. The summed E-state index contributed by atoms with van der Waals surface area (Å²) in [4.78, 5) is 28.7. The average Bonchev–Trinajstić information content (AvgIpc) is 2.98. The molecule has 1 unspecified atom stereocenters. The highest BCUT2D eigenvalue weighted by atomic mass is 79.9. The smallest absolute Gasteiger partial charge is 0.253 e. The molecule has 1 atom stereocenters. The van der Waals surface area contributed by atoms with E-state index in [9.17, 15) is 9.59 Å². The summed E-state index contributed by atoms with van der Waals surface area (Å²) in [6, 6.07) is 7.43. The maximum atomic E-state index is 12.6. The molecule has 0 aliphatic carbocycles. The van der Waals surface area contributed by atoms with Crippen molar-refractivity contribution in [2.24, 2.45) is 0 Å². The highest BCUT2D eigenvalue weighted by Crippen LogP contribution is 2.18. The van der Waals surface area contributed by atoms with Gasteiger partial charge in [0.1, 0.15) is 6.10 Å². The van der Waals surface area contributed by atoms with Crippen LogP contribution >= 0.6 is 15.9 Å². The molecule has 2 aliphatic rings. The molecule has 0 radical (unpaired) electrons. The van der Waals surface area contributed by atoms with Gasteiger partial charge in [-0.15, -0.1) is 0 Å². The first kappa shape index (κ1) is 16.5. The van der Waals surface area contributed by atoms with Crippen molar-refractivity contribution < 1.29 is 14.3 Å². The minimum Gasteiger partial charge on any atom is -0.368 e. The summed E-state index contributed by atoms with van der Waals surface area (Å²) in [6.45, 7) is 3.21. The van der Waals surface area contributed by atoms with Gasteiger partial charge in [0.05, 0.1) is 0 Å². The first-order valence-corrected chi connectivity index (χ1v) is 8.90. The number of carbonyl (C=O) groups is 2. The second kappa shape index (κ2) is 7.45. The van der Waals surface area contributed by atoms with E-state index in [-0.39, 0.29) is 17.9 Å². The molecule has 3 rings (SSSR count). The van der Waals surface area contributed by atoms with Crippen molar-refractivity contribution in [3.05, 3.63) is 34.3 Å². The van der Waals surface area contributed by atoms with Gasteiger partial charge in [-0.3, -0.25) is 9.59 Å². The van der Waals surface area contributed by atoms with Gasteiger partial charge in [-0.1, -0.05) is 22.0 Å². The molecule has 0 aromatic heterocycles. The molecule has 0 spiro atoms. The van der Waals surface area contributed by atoms with E-state index in [4.69, 9.17) is 4.74 Å². The van der Waals surface area contributed by atoms with Crippen molar-refractivity contribution >= 4 is 27.7 Å². The largest absolute Gasteiger partial charge is 0.368 e. The Morgan fingerprint density at radius 1 is 1.09 bits per heavy atom. The number of hydrogen-bond donors (Lipinski definition) is 0. The summed E-state index contributed by atoms with van der Waals surface area (Å²) < 4.78 is 6.39. The number of halogens is 1. The molecule has 0 N–H and O–H groups in total. The number of nitrogens with zero attached hydrogens (tertiary/aromatic N) is 2. The highest BCUT2D eigenvalue weighted by Gasteiger charge is 2.30. The van der Waals surface area contributed by atoms with E-state index >= 15 is 0 Å². The second-order valence-electron chi connectivity index (χ2n) is 5.98. The zero-order valence-electron chi connectivity index (χ0n) is 13.0. The van der Waals surface area contributed by atoms with Crippen molar-refractivity contribution in [1.29, 1.82) is 0 Å². The molecule has 1 aromatic rings. The van der Waals surface area contributed by atoms with Crippen molar-refractivity contribution in [3.8, 4) is 0 Å². The maximum absolute atomic E-state index is 12.6. The van der Waals surface area contributed by atoms with Crippen LogP contribution < -0.4 is 0 Å². The molecule has 23 heavy (non-hydrogen) atoms. The van der Waals surface area contributed by atoms with Crippen LogP contribution in [0, 0.1) is 0 Å². The van der Waals surface area contributed by atoms with E-state index in [2.05, 4.69) is 15.9 Å². The van der Waals surface area contributed by atoms with Crippen molar-refractivity contribution in [2.75, 3.05) is 32.8 Å². The molecule has 124 valence electrons. The zero-order valence-corrected chi connectivity index (χ0v) is 14.6. The van der Waals surface area contributed by atoms with Gasteiger partial charge in [0.15, 0.2) is 0 Å². The van der Waals surface area contributed by atoms with Gasteiger partial charge in [-0.25, -0.2) is 0 Å². The lowest BCUT2D eigenvalue weighted by Gasteiger charge is -2.24. The van der Waals surface area contributed by atoms with Crippen LogP contribution in [0.4, 0.5) is 0 Å².